The van der Waals surface area contributed by atoms with Crippen molar-refractivity contribution in [2.24, 2.45) is 0 Å². The molecule has 1 radical (unpaired) electrons. The molecule has 0 saturated heterocycles. The minimum atomic E-state index is 0.753. The molecule has 2 aromatic carbocycles. The van der Waals surface area contributed by atoms with Crippen molar-refractivity contribution in [2.75, 3.05) is 18.0 Å². The SMILES string of the molecule is CCCCN(CCc1[c]cccc1)c1nc(-c2ccc(Cl)cc2)cs1. The third-order valence-corrected chi connectivity index (χ3v) is 5.26. The second kappa shape index (κ2) is 9.02. The highest BCUT2D eigenvalue weighted by Crippen LogP contribution is 2.28. The molecule has 0 N–H and O–H groups in total. The molecule has 25 heavy (non-hydrogen) atoms. The van der Waals surface area contributed by atoms with Crippen LogP contribution in [0.5, 0.6) is 0 Å². The summed E-state index contributed by atoms with van der Waals surface area (Å²) in [5.41, 5.74) is 3.38. The van der Waals surface area contributed by atoms with E-state index in [-0.39, 0.29) is 0 Å². The van der Waals surface area contributed by atoms with Gasteiger partial charge < -0.3 is 4.90 Å². The molecule has 1 aromatic heterocycles. The zero-order chi connectivity index (χ0) is 17.5. The minimum absolute atomic E-state index is 0.753. The molecule has 0 amide bonds. The monoisotopic (exact) mass is 369 g/mol. The molecular formula is C21H22ClN2S. The molecule has 0 atom stereocenters. The maximum absolute atomic E-state index is 5.98. The number of halogens is 1. The number of thiazole rings is 1. The van der Waals surface area contributed by atoms with Crippen LogP contribution < -0.4 is 4.90 Å². The third kappa shape index (κ3) is 5.07. The molecule has 0 bridgehead atoms. The number of unbranched alkanes of at least 4 members (excludes halogenated alkanes) is 1. The number of hydrogen-bond donors (Lipinski definition) is 0. The normalized spacial score (nSPS) is 10.8. The molecule has 1 heterocycles. The number of aromatic nitrogens is 1. The molecule has 0 saturated carbocycles. The fraction of sp³-hybridized carbons (Fsp3) is 0.286. The summed E-state index contributed by atoms with van der Waals surface area (Å²) in [6.45, 7) is 4.23. The molecule has 0 aliphatic rings. The van der Waals surface area contributed by atoms with E-state index < -0.39 is 0 Å². The van der Waals surface area contributed by atoms with Crippen LogP contribution in [0.3, 0.4) is 0 Å². The first kappa shape index (κ1) is 18.0. The predicted molar refractivity (Wildman–Crippen MR) is 109 cm³/mol. The number of anilines is 1. The Kier molecular flexibility index (Phi) is 6.48. The highest BCUT2D eigenvalue weighted by molar-refractivity contribution is 7.14. The molecule has 0 fully saturated rings. The van der Waals surface area contributed by atoms with E-state index in [1.165, 1.54) is 18.4 Å². The van der Waals surface area contributed by atoms with Gasteiger partial charge in [-0.3, -0.25) is 0 Å². The van der Waals surface area contributed by atoms with Gasteiger partial charge >= 0.3 is 0 Å². The lowest BCUT2D eigenvalue weighted by Crippen LogP contribution is -2.26. The summed E-state index contributed by atoms with van der Waals surface area (Å²) >= 11 is 7.70. The summed E-state index contributed by atoms with van der Waals surface area (Å²) in [6, 6.07) is 19.4. The van der Waals surface area contributed by atoms with Crippen LogP contribution in [-0.4, -0.2) is 18.1 Å². The van der Waals surface area contributed by atoms with E-state index in [0.29, 0.717) is 0 Å². The van der Waals surface area contributed by atoms with Gasteiger partial charge in [-0.05, 0) is 36.6 Å². The van der Waals surface area contributed by atoms with E-state index in [4.69, 9.17) is 16.6 Å². The molecule has 4 heteroatoms. The highest BCUT2D eigenvalue weighted by Gasteiger charge is 2.12. The van der Waals surface area contributed by atoms with Gasteiger partial charge in [0, 0.05) is 29.1 Å². The minimum Gasteiger partial charge on any atom is -0.348 e. The number of benzene rings is 2. The number of nitrogens with zero attached hydrogens (tertiary/aromatic N) is 2. The first-order valence-electron chi connectivity index (χ1n) is 8.68. The van der Waals surface area contributed by atoms with Crippen molar-refractivity contribution in [3.05, 3.63) is 70.6 Å². The van der Waals surface area contributed by atoms with Gasteiger partial charge in [0.05, 0.1) is 5.69 Å². The van der Waals surface area contributed by atoms with Gasteiger partial charge in [0.2, 0.25) is 0 Å². The zero-order valence-corrected chi connectivity index (χ0v) is 16.0. The first-order valence-corrected chi connectivity index (χ1v) is 9.94. The van der Waals surface area contributed by atoms with Gasteiger partial charge in [0.1, 0.15) is 0 Å². The van der Waals surface area contributed by atoms with Crippen molar-refractivity contribution in [3.63, 3.8) is 0 Å². The van der Waals surface area contributed by atoms with E-state index in [1.54, 1.807) is 11.3 Å². The van der Waals surface area contributed by atoms with Crippen molar-refractivity contribution in [2.45, 2.75) is 26.2 Å². The second-order valence-electron chi connectivity index (χ2n) is 6.00. The van der Waals surface area contributed by atoms with Crippen LogP contribution in [0.2, 0.25) is 5.02 Å². The molecular weight excluding hydrogens is 348 g/mol. The Hall–Kier alpha value is -1.84. The van der Waals surface area contributed by atoms with Crippen LogP contribution in [0.4, 0.5) is 5.13 Å². The van der Waals surface area contributed by atoms with Crippen molar-refractivity contribution in [3.8, 4) is 11.3 Å². The Balaban J connectivity index is 1.73. The summed E-state index contributed by atoms with van der Waals surface area (Å²) in [4.78, 5) is 7.26. The maximum atomic E-state index is 5.98. The molecule has 0 spiro atoms. The maximum Gasteiger partial charge on any atom is 0.185 e. The molecule has 2 nitrogen and oxygen atoms in total. The van der Waals surface area contributed by atoms with E-state index in [1.807, 2.05) is 36.4 Å². The molecule has 3 rings (SSSR count). The Labute approximate surface area is 159 Å². The van der Waals surface area contributed by atoms with E-state index in [2.05, 4.69) is 35.4 Å². The fourth-order valence-corrected chi connectivity index (χ4v) is 3.67. The van der Waals surface area contributed by atoms with Crippen molar-refractivity contribution >= 4 is 28.1 Å². The van der Waals surface area contributed by atoms with Crippen LogP contribution in [0.1, 0.15) is 25.3 Å². The highest BCUT2D eigenvalue weighted by atomic mass is 35.5. The van der Waals surface area contributed by atoms with E-state index in [9.17, 15) is 0 Å². The van der Waals surface area contributed by atoms with Gasteiger partial charge in [0.15, 0.2) is 5.13 Å². The quantitative estimate of drug-likeness (QED) is 0.476. The summed E-state index contributed by atoms with van der Waals surface area (Å²) in [5.74, 6) is 0. The summed E-state index contributed by atoms with van der Waals surface area (Å²) in [6.07, 6.45) is 3.35. The van der Waals surface area contributed by atoms with Crippen LogP contribution in [0.25, 0.3) is 11.3 Å². The second-order valence-corrected chi connectivity index (χ2v) is 7.27. The van der Waals surface area contributed by atoms with E-state index in [0.717, 1.165) is 40.9 Å². The van der Waals surface area contributed by atoms with Crippen LogP contribution in [0.15, 0.2) is 53.9 Å². The topological polar surface area (TPSA) is 16.1 Å². The van der Waals surface area contributed by atoms with Crippen molar-refractivity contribution in [1.82, 2.24) is 4.98 Å². The van der Waals surface area contributed by atoms with Gasteiger partial charge in [-0.1, -0.05) is 61.3 Å². The number of rotatable bonds is 8. The Morgan fingerprint density at radius 1 is 1.12 bits per heavy atom. The molecule has 0 aliphatic carbocycles. The number of hydrogen-bond acceptors (Lipinski definition) is 3. The predicted octanol–water partition coefficient (Wildman–Crippen LogP) is 6.11. The molecule has 0 unspecified atom stereocenters. The Bertz CT molecular complexity index is 768. The van der Waals surface area contributed by atoms with Crippen LogP contribution in [-0.2, 0) is 6.42 Å². The lowest BCUT2D eigenvalue weighted by Gasteiger charge is -2.21. The molecule has 0 aliphatic heterocycles. The first-order chi connectivity index (χ1) is 12.3. The van der Waals surface area contributed by atoms with Crippen molar-refractivity contribution in [1.29, 1.82) is 0 Å². The Morgan fingerprint density at radius 3 is 2.68 bits per heavy atom. The fourth-order valence-electron chi connectivity index (χ4n) is 2.66. The van der Waals surface area contributed by atoms with Gasteiger partial charge in [-0.2, -0.15) is 0 Å². The van der Waals surface area contributed by atoms with E-state index >= 15 is 0 Å². The lowest BCUT2D eigenvalue weighted by atomic mass is 10.1. The van der Waals surface area contributed by atoms with Gasteiger partial charge in [-0.15, -0.1) is 11.3 Å². The largest absolute Gasteiger partial charge is 0.348 e. The Morgan fingerprint density at radius 2 is 1.96 bits per heavy atom. The molecule has 129 valence electrons. The summed E-state index contributed by atoms with van der Waals surface area (Å²) < 4.78 is 0. The zero-order valence-electron chi connectivity index (χ0n) is 14.4. The van der Waals surface area contributed by atoms with Crippen LogP contribution in [0, 0.1) is 6.07 Å². The smallest absolute Gasteiger partial charge is 0.185 e. The van der Waals surface area contributed by atoms with Gasteiger partial charge in [0.25, 0.3) is 0 Å². The average molecular weight is 370 g/mol. The van der Waals surface area contributed by atoms with Gasteiger partial charge in [-0.25, -0.2) is 4.98 Å². The molecule has 3 aromatic rings. The lowest BCUT2D eigenvalue weighted by molar-refractivity contribution is 0.709. The van der Waals surface area contributed by atoms with Crippen molar-refractivity contribution < 1.29 is 0 Å². The standard InChI is InChI=1S/C21H22ClN2S/c1-2-3-14-24(15-13-17-7-5-4-6-8-17)21-23-20(16-25-21)18-9-11-19(22)12-10-18/h4-7,9-12,16H,2-3,13-15H2,1H3. The summed E-state index contributed by atoms with van der Waals surface area (Å²) in [7, 11) is 0. The average Bonchev–Trinajstić information content (AvgIpc) is 3.13. The summed E-state index contributed by atoms with van der Waals surface area (Å²) in [5, 5.41) is 3.98. The third-order valence-electron chi connectivity index (χ3n) is 4.11. The van der Waals surface area contributed by atoms with Crippen LogP contribution >= 0.6 is 22.9 Å².